The fourth-order valence-corrected chi connectivity index (χ4v) is 2.02. The van der Waals surface area contributed by atoms with E-state index in [-0.39, 0.29) is 11.9 Å². The second kappa shape index (κ2) is 4.27. The minimum absolute atomic E-state index is 0.202. The Balaban J connectivity index is 1.80. The van der Waals surface area contributed by atoms with Crippen molar-refractivity contribution >= 4 is 11.9 Å². The van der Waals surface area contributed by atoms with E-state index in [1.165, 1.54) is 17.4 Å². The number of nitrogens with zero attached hydrogens (tertiary/aromatic N) is 1. The van der Waals surface area contributed by atoms with Crippen molar-refractivity contribution in [2.45, 2.75) is 20.0 Å². The lowest BCUT2D eigenvalue weighted by Gasteiger charge is -2.03. The van der Waals surface area contributed by atoms with Crippen LogP contribution in [0.4, 0.5) is 6.01 Å². The van der Waals surface area contributed by atoms with Crippen LogP contribution in [0.5, 0.6) is 0 Å². The summed E-state index contributed by atoms with van der Waals surface area (Å²) in [5, 5.41) is 5.88. The Morgan fingerprint density at radius 1 is 1.39 bits per heavy atom. The van der Waals surface area contributed by atoms with E-state index in [2.05, 4.69) is 15.6 Å². The molecule has 0 saturated heterocycles. The van der Waals surface area contributed by atoms with Crippen LogP contribution >= 0.6 is 0 Å². The van der Waals surface area contributed by atoms with Crippen LogP contribution in [0.1, 0.15) is 27.2 Å². The zero-order valence-corrected chi connectivity index (χ0v) is 9.99. The molecular weight excluding hydrogens is 230 g/mol. The van der Waals surface area contributed by atoms with Crippen molar-refractivity contribution in [3.8, 4) is 0 Å². The van der Waals surface area contributed by atoms with Gasteiger partial charge in [0.25, 0.3) is 5.91 Å². The lowest BCUT2D eigenvalue weighted by atomic mass is 10.1. The Morgan fingerprint density at radius 3 is 3.00 bits per heavy atom. The van der Waals surface area contributed by atoms with Gasteiger partial charge in [0.05, 0.1) is 5.69 Å². The van der Waals surface area contributed by atoms with Crippen molar-refractivity contribution in [2.75, 3.05) is 5.32 Å². The molecule has 0 saturated carbocycles. The Morgan fingerprint density at radius 2 is 2.22 bits per heavy atom. The molecule has 0 fully saturated rings. The molecule has 5 heteroatoms. The monoisotopic (exact) mass is 243 g/mol. The zero-order valence-electron chi connectivity index (χ0n) is 9.99. The second-order valence-corrected chi connectivity index (χ2v) is 4.34. The van der Waals surface area contributed by atoms with Gasteiger partial charge in [-0.3, -0.25) is 10.1 Å². The van der Waals surface area contributed by atoms with Crippen LogP contribution in [0.2, 0.25) is 0 Å². The molecule has 1 amide bonds. The molecule has 92 valence electrons. The number of anilines is 1. The molecule has 0 radical (unpaired) electrons. The molecule has 0 spiro atoms. The first kappa shape index (κ1) is 11.0. The quantitative estimate of drug-likeness (QED) is 0.844. The highest BCUT2D eigenvalue weighted by atomic mass is 16.4. The maximum atomic E-state index is 12.0. The van der Waals surface area contributed by atoms with Crippen LogP contribution in [0.15, 0.2) is 28.9 Å². The van der Waals surface area contributed by atoms with Crippen LogP contribution in [0.3, 0.4) is 0 Å². The fourth-order valence-electron chi connectivity index (χ4n) is 2.02. The first-order valence-electron chi connectivity index (χ1n) is 5.78. The van der Waals surface area contributed by atoms with Crippen LogP contribution in [0.25, 0.3) is 0 Å². The summed E-state index contributed by atoms with van der Waals surface area (Å²) in [5.74, 6) is -0.202. The Hall–Kier alpha value is -2.14. The smallest absolute Gasteiger partial charge is 0.301 e. The maximum Gasteiger partial charge on any atom is 0.301 e. The molecule has 0 atom stereocenters. The predicted octanol–water partition coefficient (Wildman–Crippen LogP) is 1.84. The second-order valence-electron chi connectivity index (χ2n) is 4.34. The van der Waals surface area contributed by atoms with E-state index in [4.69, 9.17) is 4.42 Å². The molecule has 0 bridgehead atoms. The summed E-state index contributed by atoms with van der Waals surface area (Å²) in [5.41, 5.74) is 3.78. The molecule has 5 nitrogen and oxygen atoms in total. The summed E-state index contributed by atoms with van der Waals surface area (Å²) in [7, 11) is 0. The van der Waals surface area contributed by atoms with Gasteiger partial charge < -0.3 is 9.73 Å². The number of carbonyl (C=O) groups excluding carboxylic acids is 1. The summed E-state index contributed by atoms with van der Waals surface area (Å²) < 4.78 is 5.09. The van der Waals surface area contributed by atoms with E-state index in [1.807, 2.05) is 18.2 Å². The lowest BCUT2D eigenvalue weighted by Crippen LogP contribution is -2.12. The Kier molecular flexibility index (Phi) is 2.60. The number of aromatic nitrogens is 1. The summed E-state index contributed by atoms with van der Waals surface area (Å²) in [6, 6.07) is 5.93. The molecule has 1 aliphatic rings. The third-order valence-electron chi connectivity index (χ3n) is 2.94. The number of carbonyl (C=O) groups is 1. The predicted molar refractivity (Wildman–Crippen MR) is 66.2 cm³/mol. The molecule has 2 N–H and O–H groups in total. The van der Waals surface area contributed by atoms with Gasteiger partial charge >= 0.3 is 6.01 Å². The molecule has 0 aliphatic carbocycles. The van der Waals surface area contributed by atoms with Crippen molar-refractivity contribution in [3.63, 3.8) is 0 Å². The Labute approximate surface area is 104 Å². The number of nitrogens with one attached hydrogen (secondary N) is 2. The molecule has 1 aromatic carbocycles. The number of hydrogen-bond donors (Lipinski definition) is 2. The maximum absolute atomic E-state index is 12.0. The zero-order chi connectivity index (χ0) is 12.5. The lowest BCUT2D eigenvalue weighted by molar-refractivity contribution is 0.102. The molecular formula is C13H13N3O2. The molecule has 3 rings (SSSR count). The minimum atomic E-state index is -0.202. The third-order valence-corrected chi connectivity index (χ3v) is 2.94. The van der Waals surface area contributed by atoms with E-state index in [9.17, 15) is 4.79 Å². The molecule has 2 heterocycles. The van der Waals surface area contributed by atoms with Crippen molar-refractivity contribution < 1.29 is 9.21 Å². The largest absolute Gasteiger partial charge is 0.432 e. The van der Waals surface area contributed by atoms with Gasteiger partial charge in [0.15, 0.2) is 0 Å². The average Bonchev–Trinajstić information content (AvgIpc) is 2.96. The number of oxazole rings is 1. The standard InChI is InChI=1S/C13H13N3O2/c1-8-7-18-13(15-8)16-12(17)9-2-3-10-5-14-6-11(10)4-9/h2-4,7,14H,5-6H2,1H3,(H,15,16,17). The highest BCUT2D eigenvalue weighted by molar-refractivity contribution is 6.03. The normalized spacial score (nSPS) is 13.4. The average molecular weight is 243 g/mol. The van der Waals surface area contributed by atoms with Gasteiger partial charge in [0.1, 0.15) is 6.26 Å². The molecule has 0 unspecified atom stereocenters. The molecule has 18 heavy (non-hydrogen) atoms. The Bertz CT molecular complexity index is 604. The fraction of sp³-hybridized carbons (Fsp3) is 0.231. The topological polar surface area (TPSA) is 67.2 Å². The number of benzene rings is 1. The van der Waals surface area contributed by atoms with Gasteiger partial charge in [-0.05, 0) is 30.2 Å². The minimum Gasteiger partial charge on any atom is -0.432 e. The van der Waals surface area contributed by atoms with Gasteiger partial charge in [-0.25, -0.2) is 0 Å². The number of amides is 1. The summed E-state index contributed by atoms with van der Waals surface area (Å²) >= 11 is 0. The van der Waals surface area contributed by atoms with Gasteiger partial charge in [-0.15, -0.1) is 0 Å². The molecule has 1 aromatic heterocycles. The van der Waals surface area contributed by atoms with Crippen molar-refractivity contribution in [1.29, 1.82) is 0 Å². The summed E-state index contributed by atoms with van der Waals surface area (Å²) in [6.45, 7) is 3.49. The number of hydrogen-bond acceptors (Lipinski definition) is 4. The van der Waals surface area contributed by atoms with Crippen molar-refractivity contribution in [1.82, 2.24) is 10.3 Å². The van der Waals surface area contributed by atoms with Crippen LogP contribution in [-0.4, -0.2) is 10.9 Å². The number of fused-ring (bicyclic) bond motifs is 1. The van der Waals surface area contributed by atoms with E-state index in [1.54, 1.807) is 6.92 Å². The van der Waals surface area contributed by atoms with E-state index < -0.39 is 0 Å². The molecule has 1 aliphatic heterocycles. The van der Waals surface area contributed by atoms with E-state index in [0.717, 1.165) is 18.8 Å². The highest BCUT2D eigenvalue weighted by Crippen LogP contribution is 2.18. The first-order chi connectivity index (χ1) is 8.72. The van der Waals surface area contributed by atoms with Crippen molar-refractivity contribution in [3.05, 3.63) is 46.8 Å². The summed E-state index contributed by atoms with van der Waals surface area (Å²) in [4.78, 5) is 16.0. The third kappa shape index (κ3) is 2.00. The van der Waals surface area contributed by atoms with Gasteiger partial charge in [0, 0.05) is 18.7 Å². The van der Waals surface area contributed by atoms with Crippen molar-refractivity contribution in [2.24, 2.45) is 0 Å². The van der Waals surface area contributed by atoms with Gasteiger partial charge in [-0.1, -0.05) is 6.07 Å². The van der Waals surface area contributed by atoms with Crippen LogP contribution in [0, 0.1) is 6.92 Å². The van der Waals surface area contributed by atoms with Gasteiger partial charge in [-0.2, -0.15) is 4.98 Å². The van der Waals surface area contributed by atoms with Crippen LogP contribution < -0.4 is 10.6 Å². The SMILES string of the molecule is Cc1coc(NC(=O)c2ccc3c(c2)CNC3)n1. The first-order valence-corrected chi connectivity index (χ1v) is 5.78. The van der Waals surface area contributed by atoms with Crippen LogP contribution in [-0.2, 0) is 13.1 Å². The van der Waals surface area contributed by atoms with Gasteiger partial charge in [0.2, 0.25) is 0 Å². The number of aryl methyl sites for hydroxylation is 1. The number of rotatable bonds is 2. The van der Waals surface area contributed by atoms with E-state index >= 15 is 0 Å². The molecule has 2 aromatic rings. The summed E-state index contributed by atoms with van der Waals surface area (Å²) in [6.07, 6.45) is 1.50. The highest BCUT2D eigenvalue weighted by Gasteiger charge is 2.14. The van der Waals surface area contributed by atoms with E-state index in [0.29, 0.717) is 5.56 Å².